The van der Waals surface area contributed by atoms with E-state index in [1.807, 2.05) is 50.2 Å². The summed E-state index contributed by atoms with van der Waals surface area (Å²) in [6, 6.07) is 11.4. The maximum absolute atomic E-state index is 12.8. The minimum absolute atomic E-state index is 0.0546. The van der Waals surface area contributed by atoms with E-state index < -0.39 is 5.97 Å². The van der Waals surface area contributed by atoms with E-state index in [1.165, 1.54) is 7.11 Å². The topological polar surface area (TPSA) is 57.5 Å². The Kier molecular flexibility index (Phi) is 5.75. The van der Waals surface area contributed by atoms with Crippen LogP contribution in [0.1, 0.15) is 22.3 Å². The number of aromatic nitrogens is 1. The fourth-order valence-corrected chi connectivity index (χ4v) is 3.44. The summed E-state index contributed by atoms with van der Waals surface area (Å²) in [5.41, 5.74) is 4.20. The van der Waals surface area contributed by atoms with E-state index in [4.69, 9.17) is 16.3 Å². The van der Waals surface area contributed by atoms with Crippen molar-refractivity contribution in [2.75, 3.05) is 13.7 Å². The lowest BCUT2D eigenvalue weighted by Crippen LogP contribution is -2.22. The molecule has 146 valence electrons. The summed E-state index contributed by atoms with van der Waals surface area (Å²) in [5, 5.41) is 1.48. The number of fused-ring (bicyclic) bond motifs is 1. The van der Waals surface area contributed by atoms with Crippen LogP contribution < -0.4 is 10.3 Å². The number of halogens is 1. The van der Waals surface area contributed by atoms with Gasteiger partial charge in [-0.1, -0.05) is 23.7 Å². The molecule has 2 aromatic carbocycles. The predicted octanol–water partition coefficient (Wildman–Crippen LogP) is 3.95. The predicted molar refractivity (Wildman–Crippen MR) is 110 cm³/mol. The van der Waals surface area contributed by atoms with Gasteiger partial charge in [0.25, 0.3) is 5.56 Å². The Hall–Kier alpha value is -2.79. The zero-order valence-corrected chi connectivity index (χ0v) is 17.1. The first-order valence-electron chi connectivity index (χ1n) is 8.88. The standard InChI is InChI=1S/C22H22ClNO4/c1-13-9-18-21(19(10-13)28-12-20(25)27-4)17(14(2)22(26)24(18)3)11-15-5-7-16(23)8-6-15/h5-10H,11-12H2,1-4H3. The van der Waals surface area contributed by atoms with E-state index in [0.717, 1.165) is 27.6 Å². The number of hydrogen-bond donors (Lipinski definition) is 0. The smallest absolute Gasteiger partial charge is 0.343 e. The van der Waals surface area contributed by atoms with Gasteiger partial charge < -0.3 is 14.0 Å². The number of carbonyl (C=O) groups is 1. The van der Waals surface area contributed by atoms with Gasteiger partial charge in [-0.05, 0) is 61.2 Å². The molecule has 0 aliphatic carbocycles. The number of aryl methyl sites for hydroxylation is 2. The highest BCUT2D eigenvalue weighted by Gasteiger charge is 2.18. The summed E-state index contributed by atoms with van der Waals surface area (Å²) in [4.78, 5) is 24.4. The molecule has 0 amide bonds. The fourth-order valence-electron chi connectivity index (χ4n) is 3.32. The lowest BCUT2D eigenvalue weighted by molar-refractivity contribution is -0.142. The molecule has 0 fully saturated rings. The van der Waals surface area contributed by atoms with Crippen molar-refractivity contribution in [3.8, 4) is 5.75 Å². The summed E-state index contributed by atoms with van der Waals surface area (Å²) in [7, 11) is 3.06. The van der Waals surface area contributed by atoms with E-state index >= 15 is 0 Å². The molecule has 3 rings (SSSR count). The Balaban J connectivity index is 2.23. The number of hydrogen-bond acceptors (Lipinski definition) is 4. The van der Waals surface area contributed by atoms with Crippen molar-refractivity contribution < 1.29 is 14.3 Å². The van der Waals surface area contributed by atoms with Crippen molar-refractivity contribution in [2.45, 2.75) is 20.3 Å². The number of esters is 1. The second-order valence-electron chi connectivity index (χ2n) is 6.79. The third-order valence-electron chi connectivity index (χ3n) is 4.83. The number of rotatable bonds is 5. The Bertz CT molecular complexity index is 1100. The van der Waals surface area contributed by atoms with Gasteiger partial charge >= 0.3 is 5.97 Å². The molecule has 0 aliphatic heterocycles. The van der Waals surface area contributed by atoms with Crippen LogP contribution in [0, 0.1) is 13.8 Å². The molecule has 0 bridgehead atoms. The number of nitrogens with zero attached hydrogens (tertiary/aromatic N) is 1. The van der Waals surface area contributed by atoms with Crippen LogP contribution in [0.15, 0.2) is 41.2 Å². The third-order valence-corrected chi connectivity index (χ3v) is 5.09. The van der Waals surface area contributed by atoms with Crippen LogP contribution in [-0.2, 0) is 23.0 Å². The third kappa shape index (κ3) is 3.90. The van der Waals surface area contributed by atoms with Crippen LogP contribution in [0.4, 0.5) is 0 Å². The quantitative estimate of drug-likeness (QED) is 0.609. The van der Waals surface area contributed by atoms with Gasteiger partial charge in [-0.2, -0.15) is 0 Å². The van der Waals surface area contributed by atoms with Gasteiger partial charge in [0.2, 0.25) is 0 Å². The van der Waals surface area contributed by atoms with Crippen molar-refractivity contribution in [2.24, 2.45) is 7.05 Å². The fraction of sp³-hybridized carbons (Fsp3) is 0.273. The highest BCUT2D eigenvalue weighted by atomic mass is 35.5. The largest absolute Gasteiger partial charge is 0.481 e. The average molecular weight is 400 g/mol. The summed E-state index contributed by atoms with van der Waals surface area (Å²) in [5.74, 6) is 0.0958. The normalized spacial score (nSPS) is 10.9. The zero-order valence-electron chi connectivity index (χ0n) is 16.3. The van der Waals surface area contributed by atoms with Crippen molar-refractivity contribution in [3.63, 3.8) is 0 Å². The monoisotopic (exact) mass is 399 g/mol. The van der Waals surface area contributed by atoms with E-state index in [1.54, 1.807) is 11.6 Å². The van der Waals surface area contributed by atoms with Crippen LogP contribution in [0.5, 0.6) is 5.75 Å². The molecule has 0 saturated heterocycles. The van der Waals surface area contributed by atoms with Gasteiger partial charge in [-0.25, -0.2) is 4.79 Å². The van der Waals surface area contributed by atoms with Crippen LogP contribution in [0.2, 0.25) is 5.02 Å². The van der Waals surface area contributed by atoms with Gasteiger partial charge in [-0.3, -0.25) is 4.79 Å². The lowest BCUT2D eigenvalue weighted by atomic mass is 9.95. The van der Waals surface area contributed by atoms with E-state index in [9.17, 15) is 9.59 Å². The molecule has 0 saturated carbocycles. The summed E-state index contributed by atoms with van der Waals surface area (Å²) in [6.07, 6.45) is 0.549. The van der Waals surface area contributed by atoms with Crippen LogP contribution in [0.3, 0.4) is 0 Å². The molecule has 3 aromatic rings. The van der Waals surface area contributed by atoms with E-state index in [2.05, 4.69) is 4.74 Å². The summed E-state index contributed by atoms with van der Waals surface area (Å²) < 4.78 is 12.1. The Labute approximate surface area is 168 Å². The first-order chi connectivity index (χ1) is 13.3. The SMILES string of the molecule is COC(=O)COc1cc(C)cc2c1c(Cc1ccc(Cl)cc1)c(C)c(=O)n2C. The molecule has 0 N–H and O–H groups in total. The number of methoxy groups -OCH3 is 1. The first kappa shape index (κ1) is 20.0. The van der Waals surface area contributed by atoms with Crippen LogP contribution in [0.25, 0.3) is 10.9 Å². The van der Waals surface area contributed by atoms with Crippen LogP contribution >= 0.6 is 11.6 Å². The summed E-state index contributed by atoms with van der Waals surface area (Å²) >= 11 is 6.00. The van der Waals surface area contributed by atoms with Gasteiger partial charge in [0, 0.05) is 23.0 Å². The zero-order chi connectivity index (χ0) is 20.4. The minimum Gasteiger partial charge on any atom is -0.481 e. The molecular formula is C22H22ClNO4. The molecule has 28 heavy (non-hydrogen) atoms. The number of carbonyl (C=O) groups excluding carboxylic acids is 1. The minimum atomic E-state index is -0.463. The molecule has 5 nitrogen and oxygen atoms in total. The maximum Gasteiger partial charge on any atom is 0.343 e. The highest BCUT2D eigenvalue weighted by Crippen LogP contribution is 2.32. The molecule has 0 aliphatic rings. The Morgan fingerprint density at radius 2 is 1.82 bits per heavy atom. The molecular weight excluding hydrogens is 378 g/mol. The van der Waals surface area contributed by atoms with Gasteiger partial charge in [-0.15, -0.1) is 0 Å². The molecule has 0 unspecified atom stereocenters. The van der Waals surface area contributed by atoms with Crippen molar-refractivity contribution in [3.05, 3.63) is 74.0 Å². The van der Waals surface area contributed by atoms with Gasteiger partial charge in [0.05, 0.1) is 12.6 Å². The van der Waals surface area contributed by atoms with Gasteiger partial charge in [0.1, 0.15) is 5.75 Å². The molecule has 1 heterocycles. The van der Waals surface area contributed by atoms with E-state index in [0.29, 0.717) is 22.8 Å². The average Bonchev–Trinajstić information content (AvgIpc) is 2.68. The van der Waals surface area contributed by atoms with E-state index in [-0.39, 0.29) is 12.2 Å². The van der Waals surface area contributed by atoms with Crippen molar-refractivity contribution in [1.29, 1.82) is 0 Å². The highest BCUT2D eigenvalue weighted by molar-refractivity contribution is 6.30. The first-order valence-corrected chi connectivity index (χ1v) is 9.26. The Morgan fingerprint density at radius 3 is 2.46 bits per heavy atom. The molecule has 0 spiro atoms. The maximum atomic E-state index is 12.8. The molecule has 0 atom stereocenters. The summed E-state index contributed by atoms with van der Waals surface area (Å²) in [6.45, 7) is 3.54. The van der Waals surface area contributed by atoms with Gasteiger partial charge in [0.15, 0.2) is 6.61 Å². The van der Waals surface area contributed by atoms with Crippen LogP contribution in [-0.4, -0.2) is 24.3 Å². The number of pyridine rings is 1. The lowest BCUT2D eigenvalue weighted by Gasteiger charge is -2.18. The van der Waals surface area contributed by atoms with Crippen molar-refractivity contribution >= 4 is 28.5 Å². The Morgan fingerprint density at radius 1 is 1.14 bits per heavy atom. The molecule has 6 heteroatoms. The molecule has 0 radical (unpaired) electrons. The number of ether oxygens (including phenoxy) is 2. The second-order valence-corrected chi connectivity index (χ2v) is 7.23. The molecule has 1 aromatic heterocycles. The second kappa shape index (κ2) is 8.07. The van der Waals surface area contributed by atoms with Crippen molar-refractivity contribution in [1.82, 2.24) is 4.57 Å². The number of benzene rings is 2.